The van der Waals surface area contributed by atoms with Crippen LogP contribution in [0.2, 0.25) is 0 Å². The minimum atomic E-state index is -4.29. The molecule has 0 fully saturated rings. The highest BCUT2D eigenvalue weighted by Gasteiger charge is 2.22. The van der Waals surface area contributed by atoms with Crippen molar-refractivity contribution in [2.45, 2.75) is 11.8 Å². The summed E-state index contributed by atoms with van der Waals surface area (Å²) >= 11 is 0.852. The molecule has 0 unspecified atom stereocenters. The highest BCUT2D eigenvalue weighted by atomic mass is 32.2. The van der Waals surface area contributed by atoms with Crippen molar-refractivity contribution in [1.82, 2.24) is 0 Å². The molecule has 0 radical (unpaired) electrons. The summed E-state index contributed by atoms with van der Waals surface area (Å²) in [4.78, 5) is 10.2. The van der Waals surface area contributed by atoms with Gasteiger partial charge in [0.15, 0.2) is 0 Å². The number of nitrogens with one attached hydrogen (secondary N) is 1. The van der Waals surface area contributed by atoms with E-state index in [1.54, 1.807) is 0 Å². The van der Waals surface area contributed by atoms with Gasteiger partial charge in [-0.3, -0.25) is 4.72 Å². The van der Waals surface area contributed by atoms with Gasteiger partial charge in [-0.25, -0.2) is 22.0 Å². The van der Waals surface area contributed by atoms with Crippen LogP contribution in [0.15, 0.2) is 28.5 Å². The lowest BCUT2D eigenvalue weighted by molar-refractivity contribution is 0.0703. The normalized spacial score (nSPS) is 11.4. The van der Waals surface area contributed by atoms with E-state index >= 15 is 0 Å². The van der Waals surface area contributed by atoms with E-state index in [1.165, 1.54) is 12.3 Å². The number of anilines is 1. The zero-order chi connectivity index (χ0) is 15.8. The fraction of sp³-hybridized carbons (Fsp3) is 0.0833. The molecule has 0 bridgehead atoms. The standard InChI is InChI=1S/C12H9F2NO4S2/c1-6-5-20-11(12(16)17)10(6)15-21(18,19)9-3-7(13)2-8(14)4-9/h2-5,15H,1H3,(H,16,17). The summed E-state index contributed by atoms with van der Waals surface area (Å²) in [5.74, 6) is -3.39. The third-order valence-electron chi connectivity index (χ3n) is 2.55. The second-order valence-corrected chi connectivity index (χ2v) is 6.70. The van der Waals surface area contributed by atoms with Crippen LogP contribution in [0, 0.1) is 18.6 Å². The molecule has 0 amide bonds. The van der Waals surface area contributed by atoms with Gasteiger partial charge in [-0.05, 0) is 30.0 Å². The van der Waals surface area contributed by atoms with Gasteiger partial charge in [0, 0.05) is 6.07 Å². The molecular weight excluding hydrogens is 324 g/mol. The van der Waals surface area contributed by atoms with Crippen LogP contribution in [0.25, 0.3) is 0 Å². The number of aromatic carboxylic acids is 1. The maximum atomic E-state index is 13.1. The van der Waals surface area contributed by atoms with Gasteiger partial charge in [-0.2, -0.15) is 0 Å². The van der Waals surface area contributed by atoms with Gasteiger partial charge < -0.3 is 5.11 Å². The van der Waals surface area contributed by atoms with E-state index in [1.807, 2.05) is 0 Å². The van der Waals surface area contributed by atoms with Gasteiger partial charge in [0.2, 0.25) is 0 Å². The number of rotatable bonds is 4. The number of halogens is 2. The molecule has 0 saturated heterocycles. The van der Waals surface area contributed by atoms with Gasteiger partial charge >= 0.3 is 5.97 Å². The van der Waals surface area contributed by atoms with Crippen molar-refractivity contribution in [2.75, 3.05) is 4.72 Å². The van der Waals surface area contributed by atoms with Crippen molar-refractivity contribution in [2.24, 2.45) is 0 Å². The highest BCUT2D eigenvalue weighted by Crippen LogP contribution is 2.30. The molecule has 9 heteroatoms. The Morgan fingerprint density at radius 2 is 1.81 bits per heavy atom. The van der Waals surface area contributed by atoms with E-state index in [4.69, 9.17) is 5.11 Å². The van der Waals surface area contributed by atoms with Gasteiger partial charge in [0.05, 0.1) is 10.6 Å². The molecule has 0 atom stereocenters. The van der Waals surface area contributed by atoms with Crippen molar-refractivity contribution in [3.05, 3.63) is 45.7 Å². The van der Waals surface area contributed by atoms with Crippen molar-refractivity contribution >= 4 is 33.0 Å². The van der Waals surface area contributed by atoms with Gasteiger partial charge in [-0.1, -0.05) is 0 Å². The van der Waals surface area contributed by atoms with E-state index < -0.39 is 32.5 Å². The maximum absolute atomic E-state index is 13.1. The van der Waals surface area contributed by atoms with Gasteiger partial charge in [0.25, 0.3) is 10.0 Å². The van der Waals surface area contributed by atoms with Crippen LogP contribution in [0.5, 0.6) is 0 Å². The van der Waals surface area contributed by atoms with Crippen LogP contribution in [0.3, 0.4) is 0 Å². The summed E-state index contributed by atoms with van der Waals surface area (Å²) in [6.07, 6.45) is 0. The highest BCUT2D eigenvalue weighted by molar-refractivity contribution is 7.92. The predicted molar refractivity (Wildman–Crippen MR) is 73.2 cm³/mol. The number of sulfonamides is 1. The molecule has 0 aliphatic rings. The zero-order valence-electron chi connectivity index (χ0n) is 10.6. The monoisotopic (exact) mass is 333 g/mol. The SMILES string of the molecule is Cc1csc(C(=O)O)c1NS(=O)(=O)c1cc(F)cc(F)c1. The van der Waals surface area contributed by atoms with Crippen LogP contribution in [0.4, 0.5) is 14.5 Å². The molecule has 1 aromatic heterocycles. The second-order valence-electron chi connectivity index (χ2n) is 4.14. The Kier molecular flexibility index (Phi) is 3.97. The molecule has 5 nitrogen and oxygen atoms in total. The molecule has 21 heavy (non-hydrogen) atoms. The number of carboxylic acids is 1. The van der Waals surface area contributed by atoms with Crippen LogP contribution in [0.1, 0.15) is 15.2 Å². The third-order valence-corrected chi connectivity index (χ3v) is 4.97. The largest absolute Gasteiger partial charge is 0.477 e. The minimum absolute atomic E-state index is 0.114. The third kappa shape index (κ3) is 3.19. The molecule has 0 aliphatic heterocycles. The first kappa shape index (κ1) is 15.4. The number of thiophene rings is 1. The molecule has 0 saturated carbocycles. The Morgan fingerprint density at radius 3 is 2.33 bits per heavy atom. The summed E-state index contributed by atoms with van der Waals surface area (Å²) in [5, 5.41) is 10.5. The molecule has 1 aromatic carbocycles. The first-order chi connectivity index (χ1) is 9.70. The summed E-state index contributed by atoms with van der Waals surface area (Å²) in [6, 6.07) is 1.83. The van der Waals surface area contributed by atoms with Crippen molar-refractivity contribution < 1.29 is 27.1 Å². The van der Waals surface area contributed by atoms with E-state index in [2.05, 4.69) is 4.72 Å². The number of hydrogen-bond donors (Lipinski definition) is 2. The van der Waals surface area contributed by atoms with Crippen LogP contribution in [-0.2, 0) is 10.0 Å². The van der Waals surface area contributed by atoms with E-state index in [9.17, 15) is 22.0 Å². The number of carbonyl (C=O) groups is 1. The van der Waals surface area contributed by atoms with Crippen LogP contribution >= 0.6 is 11.3 Å². The number of benzene rings is 1. The molecule has 2 N–H and O–H groups in total. The number of hydrogen-bond acceptors (Lipinski definition) is 4. The fourth-order valence-electron chi connectivity index (χ4n) is 1.61. The van der Waals surface area contributed by atoms with Crippen LogP contribution < -0.4 is 4.72 Å². The lowest BCUT2D eigenvalue weighted by Crippen LogP contribution is -2.15. The first-order valence-electron chi connectivity index (χ1n) is 5.51. The Bertz CT molecular complexity index is 794. The molecule has 0 aliphatic carbocycles. The Balaban J connectivity index is 2.47. The predicted octanol–water partition coefficient (Wildman–Crippen LogP) is 2.83. The average Bonchev–Trinajstić information content (AvgIpc) is 2.69. The molecular formula is C12H9F2NO4S2. The Hall–Kier alpha value is -2.00. The number of aryl methyl sites for hydroxylation is 1. The van der Waals surface area contributed by atoms with Crippen LogP contribution in [-0.4, -0.2) is 19.5 Å². The topological polar surface area (TPSA) is 83.5 Å². The molecule has 1 heterocycles. The fourth-order valence-corrected chi connectivity index (χ4v) is 3.70. The molecule has 112 valence electrons. The molecule has 2 aromatic rings. The summed E-state index contributed by atoms with van der Waals surface area (Å²) in [7, 11) is -4.29. The van der Waals surface area contributed by atoms with Gasteiger partial charge in [-0.15, -0.1) is 11.3 Å². The maximum Gasteiger partial charge on any atom is 0.348 e. The van der Waals surface area contributed by atoms with Crippen molar-refractivity contribution in [3.63, 3.8) is 0 Å². The summed E-state index contributed by atoms with van der Waals surface area (Å²) in [5.41, 5.74) is 0.287. The minimum Gasteiger partial charge on any atom is -0.477 e. The summed E-state index contributed by atoms with van der Waals surface area (Å²) in [6.45, 7) is 1.52. The Morgan fingerprint density at radius 1 is 1.24 bits per heavy atom. The lowest BCUT2D eigenvalue weighted by Gasteiger charge is -2.09. The first-order valence-corrected chi connectivity index (χ1v) is 7.87. The lowest BCUT2D eigenvalue weighted by atomic mass is 10.3. The Labute approximate surface area is 122 Å². The van der Waals surface area contributed by atoms with Crippen molar-refractivity contribution in [1.29, 1.82) is 0 Å². The van der Waals surface area contributed by atoms with Gasteiger partial charge in [0.1, 0.15) is 16.5 Å². The quantitative estimate of drug-likeness (QED) is 0.901. The van der Waals surface area contributed by atoms with E-state index in [0.29, 0.717) is 23.8 Å². The second kappa shape index (κ2) is 5.41. The molecule has 2 rings (SSSR count). The van der Waals surface area contributed by atoms with E-state index in [0.717, 1.165) is 11.3 Å². The van der Waals surface area contributed by atoms with E-state index in [-0.39, 0.29) is 10.6 Å². The molecule has 0 spiro atoms. The smallest absolute Gasteiger partial charge is 0.348 e. The average molecular weight is 333 g/mol. The summed E-state index contributed by atoms with van der Waals surface area (Å²) < 4.78 is 52.5. The van der Waals surface area contributed by atoms with Crippen molar-refractivity contribution in [3.8, 4) is 0 Å². The zero-order valence-corrected chi connectivity index (χ0v) is 12.2. The number of carboxylic acid groups (broad SMARTS) is 1.